The minimum atomic E-state index is -0.0694. The van der Waals surface area contributed by atoms with E-state index in [1.165, 1.54) is 12.8 Å². The Morgan fingerprint density at radius 1 is 1.10 bits per heavy atom. The molecule has 4 heteroatoms. The summed E-state index contributed by atoms with van der Waals surface area (Å²) in [6, 6.07) is 16.1. The van der Waals surface area contributed by atoms with Gasteiger partial charge in [0, 0.05) is 12.0 Å². The highest BCUT2D eigenvalue weighted by molar-refractivity contribution is 5.47. The van der Waals surface area contributed by atoms with Crippen molar-refractivity contribution in [1.29, 1.82) is 0 Å². The van der Waals surface area contributed by atoms with Crippen LogP contribution in [-0.2, 0) is 6.42 Å². The number of aryl methyl sites for hydroxylation is 1. The number of oxazole rings is 1. The Morgan fingerprint density at radius 3 is 2.60 bits per heavy atom. The highest BCUT2D eigenvalue weighted by Crippen LogP contribution is 2.35. The number of aromatic nitrogens is 1. The molecule has 154 valence electrons. The number of hydrogen-bond donors (Lipinski definition) is 0. The molecule has 4 nitrogen and oxygen atoms in total. The first-order chi connectivity index (χ1) is 14.7. The standard InChI is InChI=1S/C26H27NO3/c1-19-18-27-26(29-19)17-22(13-12-20-8-4-3-5-9-20)21-14-15-24(28-2)25(16-21)30-23-10-6-7-11-23/h3-5,8-9,14-16,18,22-23H,6-7,10-11,17H2,1-2H3. The summed E-state index contributed by atoms with van der Waals surface area (Å²) in [6.45, 7) is 1.90. The molecule has 0 spiro atoms. The Morgan fingerprint density at radius 2 is 1.90 bits per heavy atom. The topological polar surface area (TPSA) is 44.5 Å². The molecule has 0 radical (unpaired) electrons. The van der Waals surface area contributed by atoms with Gasteiger partial charge in [0.2, 0.25) is 0 Å². The van der Waals surface area contributed by atoms with Crippen molar-refractivity contribution in [3.63, 3.8) is 0 Å². The molecule has 1 unspecified atom stereocenters. The van der Waals surface area contributed by atoms with Gasteiger partial charge in [-0.3, -0.25) is 0 Å². The Kier molecular flexibility index (Phi) is 6.39. The van der Waals surface area contributed by atoms with Crippen LogP contribution in [0.4, 0.5) is 0 Å². The van der Waals surface area contributed by atoms with Crippen LogP contribution in [0.25, 0.3) is 0 Å². The van der Waals surface area contributed by atoms with Crippen LogP contribution in [0.5, 0.6) is 11.5 Å². The lowest BCUT2D eigenvalue weighted by atomic mass is 9.95. The Hall–Kier alpha value is -3.19. The van der Waals surface area contributed by atoms with Gasteiger partial charge >= 0.3 is 0 Å². The van der Waals surface area contributed by atoms with Crippen LogP contribution in [0.3, 0.4) is 0 Å². The van der Waals surface area contributed by atoms with Crippen LogP contribution in [0.1, 0.15) is 54.4 Å². The normalized spacial score (nSPS) is 14.7. The molecular weight excluding hydrogens is 374 g/mol. The molecule has 4 rings (SSSR count). The minimum Gasteiger partial charge on any atom is -0.493 e. The SMILES string of the molecule is COc1ccc(C(C#Cc2ccccc2)Cc2ncc(C)o2)cc1OC1CCCC1. The van der Waals surface area contributed by atoms with Gasteiger partial charge in [-0.2, -0.15) is 0 Å². The average molecular weight is 402 g/mol. The lowest BCUT2D eigenvalue weighted by Gasteiger charge is -2.18. The summed E-state index contributed by atoms with van der Waals surface area (Å²) < 4.78 is 17.6. The maximum atomic E-state index is 6.29. The number of hydrogen-bond acceptors (Lipinski definition) is 4. The Bertz CT molecular complexity index is 1020. The van der Waals surface area contributed by atoms with E-state index in [2.05, 4.69) is 29.0 Å². The van der Waals surface area contributed by atoms with Crippen molar-refractivity contribution in [2.75, 3.05) is 7.11 Å². The van der Waals surface area contributed by atoms with Crippen molar-refractivity contribution >= 4 is 0 Å². The second kappa shape index (κ2) is 9.54. The highest BCUT2D eigenvalue weighted by atomic mass is 16.5. The molecule has 1 aromatic heterocycles. The monoisotopic (exact) mass is 401 g/mol. The van der Waals surface area contributed by atoms with Crippen molar-refractivity contribution < 1.29 is 13.9 Å². The zero-order valence-electron chi connectivity index (χ0n) is 17.6. The molecule has 1 fully saturated rings. The smallest absolute Gasteiger partial charge is 0.195 e. The summed E-state index contributed by atoms with van der Waals surface area (Å²) in [5, 5.41) is 0. The van der Waals surface area contributed by atoms with E-state index in [1.807, 2.05) is 43.3 Å². The third-order valence-corrected chi connectivity index (χ3v) is 5.40. The van der Waals surface area contributed by atoms with Crippen molar-refractivity contribution in [2.45, 2.75) is 51.0 Å². The predicted molar refractivity (Wildman–Crippen MR) is 117 cm³/mol. The van der Waals surface area contributed by atoms with E-state index >= 15 is 0 Å². The molecule has 1 atom stereocenters. The third-order valence-electron chi connectivity index (χ3n) is 5.40. The predicted octanol–water partition coefficient (Wildman–Crippen LogP) is 5.69. The first kappa shape index (κ1) is 20.1. The van der Waals surface area contributed by atoms with Gasteiger partial charge in [-0.15, -0.1) is 0 Å². The number of benzene rings is 2. The van der Waals surface area contributed by atoms with Gasteiger partial charge in [0.05, 0.1) is 25.3 Å². The van der Waals surface area contributed by atoms with Gasteiger partial charge in [0.15, 0.2) is 17.4 Å². The fourth-order valence-electron chi connectivity index (χ4n) is 3.80. The molecule has 2 aromatic carbocycles. The molecule has 1 saturated carbocycles. The summed E-state index contributed by atoms with van der Waals surface area (Å²) in [6.07, 6.45) is 7.25. The van der Waals surface area contributed by atoms with Crippen molar-refractivity contribution in [3.8, 4) is 23.3 Å². The number of methoxy groups -OCH3 is 1. The first-order valence-corrected chi connectivity index (χ1v) is 10.5. The van der Waals surface area contributed by atoms with Crippen LogP contribution in [0.2, 0.25) is 0 Å². The summed E-state index contributed by atoms with van der Waals surface area (Å²) in [5.41, 5.74) is 2.06. The van der Waals surface area contributed by atoms with Gasteiger partial charge in [-0.25, -0.2) is 4.98 Å². The molecule has 0 saturated heterocycles. The van der Waals surface area contributed by atoms with Crippen LogP contribution < -0.4 is 9.47 Å². The second-order valence-electron chi connectivity index (χ2n) is 7.69. The third kappa shape index (κ3) is 5.04. The van der Waals surface area contributed by atoms with E-state index in [4.69, 9.17) is 13.9 Å². The summed E-state index contributed by atoms with van der Waals surface area (Å²) in [4.78, 5) is 4.39. The molecule has 1 aliphatic rings. The van der Waals surface area contributed by atoms with E-state index in [1.54, 1.807) is 13.3 Å². The van der Waals surface area contributed by atoms with Gasteiger partial charge in [-0.05, 0) is 62.4 Å². The Balaban J connectivity index is 1.65. The molecule has 1 aliphatic carbocycles. The second-order valence-corrected chi connectivity index (χ2v) is 7.69. The highest BCUT2D eigenvalue weighted by Gasteiger charge is 2.21. The maximum Gasteiger partial charge on any atom is 0.195 e. The summed E-state index contributed by atoms with van der Waals surface area (Å²) in [7, 11) is 1.68. The quantitative estimate of drug-likeness (QED) is 0.498. The van der Waals surface area contributed by atoms with Gasteiger partial charge in [0.25, 0.3) is 0 Å². The Labute approximate surface area is 178 Å². The number of nitrogens with zero attached hydrogens (tertiary/aromatic N) is 1. The lowest BCUT2D eigenvalue weighted by molar-refractivity contribution is 0.200. The van der Waals surface area contributed by atoms with E-state index in [9.17, 15) is 0 Å². The molecule has 0 N–H and O–H groups in total. The molecule has 1 heterocycles. The largest absolute Gasteiger partial charge is 0.493 e. The lowest BCUT2D eigenvalue weighted by Crippen LogP contribution is -2.12. The number of ether oxygens (including phenoxy) is 2. The van der Waals surface area contributed by atoms with Gasteiger partial charge in [0.1, 0.15) is 5.76 Å². The zero-order valence-corrected chi connectivity index (χ0v) is 17.6. The van der Waals surface area contributed by atoms with Crippen molar-refractivity contribution in [3.05, 3.63) is 77.5 Å². The minimum absolute atomic E-state index is 0.0694. The average Bonchev–Trinajstić information content (AvgIpc) is 3.43. The molecule has 30 heavy (non-hydrogen) atoms. The zero-order chi connectivity index (χ0) is 20.8. The van der Waals surface area contributed by atoms with Crippen LogP contribution in [0, 0.1) is 18.8 Å². The summed E-state index contributed by atoms with van der Waals surface area (Å²) in [5.74, 6) is 9.69. The molecular formula is C26H27NO3. The van der Waals surface area contributed by atoms with Crippen LogP contribution in [-0.4, -0.2) is 18.2 Å². The van der Waals surface area contributed by atoms with E-state index < -0.39 is 0 Å². The number of rotatable bonds is 6. The van der Waals surface area contributed by atoms with Crippen LogP contribution in [0.15, 0.2) is 59.1 Å². The fourth-order valence-corrected chi connectivity index (χ4v) is 3.80. The van der Waals surface area contributed by atoms with E-state index in [0.29, 0.717) is 12.3 Å². The molecule has 3 aromatic rings. The van der Waals surface area contributed by atoms with Crippen LogP contribution >= 0.6 is 0 Å². The fraction of sp³-hybridized carbons (Fsp3) is 0.346. The van der Waals surface area contributed by atoms with Crippen molar-refractivity contribution in [1.82, 2.24) is 4.98 Å². The molecule has 0 aliphatic heterocycles. The maximum absolute atomic E-state index is 6.29. The van der Waals surface area contributed by atoms with Gasteiger partial charge < -0.3 is 13.9 Å². The first-order valence-electron chi connectivity index (χ1n) is 10.5. The summed E-state index contributed by atoms with van der Waals surface area (Å²) >= 11 is 0. The van der Waals surface area contributed by atoms with E-state index in [-0.39, 0.29) is 12.0 Å². The van der Waals surface area contributed by atoms with Crippen molar-refractivity contribution in [2.24, 2.45) is 0 Å². The van der Waals surface area contributed by atoms with E-state index in [0.717, 1.165) is 41.2 Å². The van der Waals surface area contributed by atoms with Gasteiger partial charge in [-0.1, -0.05) is 36.1 Å². The molecule has 0 bridgehead atoms. The molecule has 0 amide bonds.